The molecule has 1 aliphatic carbocycles. The molecule has 0 unspecified atom stereocenters. The Bertz CT molecular complexity index is 442. The minimum atomic E-state index is 0.0247. The molecule has 1 aromatic rings. The third-order valence-electron chi connectivity index (χ3n) is 5.62. The highest BCUT2D eigenvalue weighted by Crippen LogP contribution is 2.35. The van der Waals surface area contributed by atoms with E-state index in [9.17, 15) is 5.11 Å². The Morgan fingerprint density at radius 3 is 2.55 bits per heavy atom. The highest BCUT2D eigenvalue weighted by atomic mass is 16.5. The molecular weight excluding hydrogens is 274 g/mol. The molecule has 0 amide bonds. The molecule has 122 valence electrons. The first kappa shape index (κ1) is 16.0. The quantitative estimate of drug-likeness (QED) is 0.878. The Morgan fingerprint density at radius 1 is 1.09 bits per heavy atom. The van der Waals surface area contributed by atoms with Crippen LogP contribution >= 0.6 is 0 Å². The molecule has 3 nitrogen and oxygen atoms in total. The van der Waals surface area contributed by atoms with Gasteiger partial charge in [0.15, 0.2) is 0 Å². The maximum Gasteiger partial charge on any atom is 0.0501 e. The van der Waals surface area contributed by atoms with Crippen LogP contribution in [0.2, 0.25) is 0 Å². The summed E-state index contributed by atoms with van der Waals surface area (Å²) in [6, 6.07) is 11.5. The van der Waals surface area contributed by atoms with Crippen molar-refractivity contribution >= 4 is 0 Å². The average Bonchev–Trinajstić information content (AvgIpc) is 2.62. The van der Waals surface area contributed by atoms with Crippen LogP contribution in [0.1, 0.15) is 50.0 Å². The van der Waals surface area contributed by atoms with Crippen molar-refractivity contribution in [2.75, 3.05) is 26.4 Å². The maximum atomic E-state index is 9.86. The summed E-state index contributed by atoms with van der Waals surface area (Å²) < 4.78 is 5.47. The molecule has 0 aromatic heterocycles. The second kappa shape index (κ2) is 7.58. The van der Waals surface area contributed by atoms with Crippen LogP contribution in [0.3, 0.4) is 0 Å². The Labute approximate surface area is 134 Å². The summed E-state index contributed by atoms with van der Waals surface area (Å²) in [5, 5.41) is 13.7. The fraction of sp³-hybridized carbons (Fsp3) is 0.684. The average molecular weight is 303 g/mol. The fourth-order valence-electron chi connectivity index (χ4n) is 4.02. The summed E-state index contributed by atoms with van der Waals surface area (Å²) in [6.07, 6.45) is 7.11. The number of nitrogens with one attached hydrogen (secondary N) is 1. The molecule has 1 aromatic carbocycles. The Morgan fingerprint density at radius 2 is 1.82 bits per heavy atom. The SMILES string of the molecule is OCC1(CN[C@H]2CCCC[C@H]2c2ccccc2)CCOCC1. The van der Waals surface area contributed by atoms with Gasteiger partial charge in [0.25, 0.3) is 0 Å². The van der Waals surface area contributed by atoms with Crippen LogP contribution in [0, 0.1) is 5.41 Å². The number of benzene rings is 1. The molecule has 0 radical (unpaired) electrons. The van der Waals surface area contributed by atoms with Crippen molar-refractivity contribution in [1.29, 1.82) is 0 Å². The molecule has 2 fully saturated rings. The Balaban J connectivity index is 1.64. The lowest BCUT2D eigenvalue weighted by atomic mass is 9.77. The number of rotatable bonds is 5. The lowest BCUT2D eigenvalue weighted by Crippen LogP contribution is -2.47. The van der Waals surface area contributed by atoms with Gasteiger partial charge in [-0.05, 0) is 37.2 Å². The van der Waals surface area contributed by atoms with E-state index in [1.165, 1.54) is 31.2 Å². The highest BCUT2D eigenvalue weighted by Gasteiger charge is 2.34. The van der Waals surface area contributed by atoms with Gasteiger partial charge < -0.3 is 15.2 Å². The molecule has 3 heteroatoms. The number of hydrogen-bond acceptors (Lipinski definition) is 3. The number of hydrogen-bond donors (Lipinski definition) is 2. The molecule has 2 N–H and O–H groups in total. The van der Waals surface area contributed by atoms with Crippen molar-refractivity contribution in [2.45, 2.75) is 50.5 Å². The van der Waals surface area contributed by atoms with Crippen molar-refractivity contribution in [1.82, 2.24) is 5.32 Å². The first-order chi connectivity index (χ1) is 10.8. The van der Waals surface area contributed by atoms with Crippen LogP contribution in [0.25, 0.3) is 0 Å². The van der Waals surface area contributed by atoms with E-state index in [1.54, 1.807) is 0 Å². The number of aliphatic hydroxyl groups is 1. The normalized spacial score (nSPS) is 28.4. The molecule has 1 heterocycles. The summed E-state index contributed by atoms with van der Waals surface area (Å²) in [5.74, 6) is 0.616. The van der Waals surface area contributed by atoms with Gasteiger partial charge in [-0.15, -0.1) is 0 Å². The van der Waals surface area contributed by atoms with Crippen molar-refractivity contribution in [3.8, 4) is 0 Å². The molecule has 0 spiro atoms. The molecule has 3 rings (SSSR count). The lowest BCUT2D eigenvalue weighted by molar-refractivity contribution is -0.0173. The number of ether oxygens (including phenoxy) is 1. The Hall–Kier alpha value is -0.900. The first-order valence-corrected chi connectivity index (χ1v) is 8.80. The first-order valence-electron chi connectivity index (χ1n) is 8.80. The summed E-state index contributed by atoms with van der Waals surface area (Å²) in [7, 11) is 0. The predicted octanol–water partition coefficient (Wildman–Crippen LogP) is 3.09. The molecular formula is C19H29NO2. The second-order valence-corrected chi connectivity index (χ2v) is 7.06. The molecule has 2 atom stereocenters. The largest absolute Gasteiger partial charge is 0.396 e. The van der Waals surface area contributed by atoms with Crippen LogP contribution in [0.15, 0.2) is 30.3 Å². The highest BCUT2D eigenvalue weighted by molar-refractivity contribution is 5.22. The van der Waals surface area contributed by atoms with Gasteiger partial charge in [0, 0.05) is 31.2 Å². The van der Waals surface area contributed by atoms with E-state index in [0.717, 1.165) is 32.6 Å². The van der Waals surface area contributed by atoms with E-state index in [1.807, 2.05) is 0 Å². The van der Waals surface area contributed by atoms with Crippen LogP contribution in [-0.2, 0) is 4.74 Å². The zero-order chi connectivity index (χ0) is 15.3. The van der Waals surface area contributed by atoms with Gasteiger partial charge in [0.2, 0.25) is 0 Å². The summed E-state index contributed by atoms with van der Waals surface area (Å²) in [4.78, 5) is 0. The van der Waals surface area contributed by atoms with Crippen LogP contribution in [-0.4, -0.2) is 37.5 Å². The van der Waals surface area contributed by atoms with Gasteiger partial charge in [0.05, 0.1) is 6.61 Å². The van der Waals surface area contributed by atoms with Crippen LogP contribution in [0.5, 0.6) is 0 Å². The van der Waals surface area contributed by atoms with Gasteiger partial charge in [-0.1, -0.05) is 43.2 Å². The molecule has 1 aliphatic heterocycles. The molecule has 1 saturated heterocycles. The van der Waals surface area contributed by atoms with Crippen molar-refractivity contribution < 1.29 is 9.84 Å². The van der Waals surface area contributed by atoms with Crippen molar-refractivity contribution in [2.24, 2.45) is 5.41 Å². The molecule has 22 heavy (non-hydrogen) atoms. The topological polar surface area (TPSA) is 41.5 Å². The minimum Gasteiger partial charge on any atom is -0.396 e. The van der Waals surface area contributed by atoms with Gasteiger partial charge in [-0.3, -0.25) is 0 Å². The Kier molecular flexibility index (Phi) is 5.51. The molecule has 0 bridgehead atoms. The van der Waals surface area contributed by atoms with E-state index in [0.29, 0.717) is 12.0 Å². The molecule has 1 saturated carbocycles. The van der Waals surface area contributed by atoms with Gasteiger partial charge in [-0.2, -0.15) is 0 Å². The van der Waals surface area contributed by atoms with E-state index < -0.39 is 0 Å². The van der Waals surface area contributed by atoms with E-state index >= 15 is 0 Å². The second-order valence-electron chi connectivity index (χ2n) is 7.06. The predicted molar refractivity (Wildman–Crippen MR) is 89.0 cm³/mol. The van der Waals surface area contributed by atoms with E-state index in [2.05, 4.69) is 35.6 Å². The van der Waals surface area contributed by atoms with Gasteiger partial charge in [-0.25, -0.2) is 0 Å². The third-order valence-corrected chi connectivity index (χ3v) is 5.62. The molecule has 2 aliphatic rings. The van der Waals surface area contributed by atoms with Crippen LogP contribution in [0.4, 0.5) is 0 Å². The number of aliphatic hydroxyl groups excluding tert-OH is 1. The van der Waals surface area contributed by atoms with Crippen LogP contribution < -0.4 is 5.32 Å². The van der Waals surface area contributed by atoms with Crippen molar-refractivity contribution in [3.05, 3.63) is 35.9 Å². The zero-order valence-electron chi connectivity index (χ0n) is 13.5. The standard InChI is InChI=1S/C19H29NO2/c21-15-19(10-12-22-13-11-19)14-20-18-9-5-4-8-17(18)16-6-2-1-3-7-16/h1-3,6-7,17-18,20-21H,4-5,8-15H2/t17-,18-/m0/s1. The lowest BCUT2D eigenvalue weighted by Gasteiger charge is -2.39. The fourth-order valence-corrected chi connectivity index (χ4v) is 4.02. The third kappa shape index (κ3) is 3.70. The van der Waals surface area contributed by atoms with E-state index in [-0.39, 0.29) is 12.0 Å². The maximum absolute atomic E-state index is 9.86. The summed E-state index contributed by atoms with van der Waals surface area (Å²) >= 11 is 0. The summed E-state index contributed by atoms with van der Waals surface area (Å²) in [6.45, 7) is 2.76. The monoisotopic (exact) mass is 303 g/mol. The summed E-state index contributed by atoms with van der Waals surface area (Å²) in [5.41, 5.74) is 1.49. The van der Waals surface area contributed by atoms with Crippen molar-refractivity contribution in [3.63, 3.8) is 0 Å². The zero-order valence-corrected chi connectivity index (χ0v) is 13.5. The van der Waals surface area contributed by atoms with Gasteiger partial charge in [0.1, 0.15) is 0 Å². The van der Waals surface area contributed by atoms with Gasteiger partial charge >= 0.3 is 0 Å². The van der Waals surface area contributed by atoms with E-state index in [4.69, 9.17) is 4.74 Å². The smallest absolute Gasteiger partial charge is 0.0501 e. The minimum absolute atomic E-state index is 0.0247.